The van der Waals surface area contributed by atoms with E-state index in [0.717, 1.165) is 31.5 Å². The number of carbonyl (C=O) groups is 2. The summed E-state index contributed by atoms with van der Waals surface area (Å²) in [6.45, 7) is 7.50. The largest absolute Gasteiger partial charge is 0.365 e. The van der Waals surface area contributed by atoms with Crippen molar-refractivity contribution in [3.05, 3.63) is 23.9 Å². The number of amides is 2. The van der Waals surface area contributed by atoms with Crippen molar-refractivity contribution < 1.29 is 9.59 Å². The van der Waals surface area contributed by atoms with E-state index < -0.39 is 0 Å². The number of aromatic nitrogens is 1. The van der Waals surface area contributed by atoms with Crippen LogP contribution in [0.4, 0.5) is 5.82 Å². The number of carbonyl (C=O) groups excluding carboxylic acids is 2. The lowest BCUT2D eigenvalue weighted by Gasteiger charge is -2.32. The maximum atomic E-state index is 12.7. The molecule has 0 radical (unpaired) electrons. The van der Waals surface area contributed by atoms with Crippen LogP contribution in [0.25, 0.3) is 0 Å². The van der Waals surface area contributed by atoms with Crippen molar-refractivity contribution in [1.82, 2.24) is 14.8 Å². The number of likely N-dealkylation sites (N-methyl/N-ethyl adjacent to an activating group) is 1. The van der Waals surface area contributed by atoms with Gasteiger partial charge in [-0.05, 0) is 52.2 Å². The molecule has 1 atom stereocenters. The number of nitrogens with one attached hydrogen (secondary N) is 1. The van der Waals surface area contributed by atoms with Crippen molar-refractivity contribution >= 4 is 17.6 Å². The van der Waals surface area contributed by atoms with Gasteiger partial charge in [-0.2, -0.15) is 0 Å². The lowest BCUT2D eigenvalue weighted by molar-refractivity contribution is -0.138. The summed E-state index contributed by atoms with van der Waals surface area (Å²) in [7, 11) is 1.88. The lowest BCUT2D eigenvalue weighted by Crippen LogP contribution is -2.44. The predicted octanol–water partition coefficient (Wildman–Crippen LogP) is 2.77. The first-order valence-corrected chi connectivity index (χ1v) is 9.55. The summed E-state index contributed by atoms with van der Waals surface area (Å²) in [5.41, 5.74) is 0.524. The number of rotatable bonds is 4. The Labute approximate surface area is 156 Å². The number of likely N-dealkylation sites (tertiary alicyclic amines) is 1. The molecule has 2 aliphatic rings. The van der Waals surface area contributed by atoms with Crippen LogP contribution in [0.5, 0.6) is 0 Å². The maximum absolute atomic E-state index is 12.7. The van der Waals surface area contributed by atoms with E-state index in [2.05, 4.69) is 31.1 Å². The minimum absolute atomic E-state index is 0.00759. The highest BCUT2D eigenvalue weighted by atomic mass is 16.2. The topological polar surface area (TPSA) is 65.5 Å². The minimum atomic E-state index is -0.0712. The third-order valence-corrected chi connectivity index (χ3v) is 5.31. The van der Waals surface area contributed by atoms with E-state index in [9.17, 15) is 9.59 Å². The van der Waals surface area contributed by atoms with E-state index in [1.165, 1.54) is 0 Å². The zero-order valence-electron chi connectivity index (χ0n) is 16.3. The van der Waals surface area contributed by atoms with Gasteiger partial charge in [0.05, 0.1) is 11.6 Å². The minimum Gasteiger partial charge on any atom is -0.365 e. The van der Waals surface area contributed by atoms with E-state index in [-0.39, 0.29) is 29.3 Å². The first kappa shape index (κ1) is 18.7. The second-order valence-corrected chi connectivity index (χ2v) is 8.58. The average Bonchev–Trinajstić information content (AvgIpc) is 3.01. The average molecular weight is 358 g/mol. The van der Waals surface area contributed by atoms with E-state index in [1.807, 2.05) is 29.0 Å². The van der Waals surface area contributed by atoms with Gasteiger partial charge in [0.1, 0.15) is 5.82 Å². The molecule has 1 saturated heterocycles. The molecule has 0 aromatic carbocycles. The summed E-state index contributed by atoms with van der Waals surface area (Å²) in [6.07, 6.45) is 5.66. The quantitative estimate of drug-likeness (QED) is 0.899. The highest BCUT2D eigenvalue weighted by molar-refractivity contribution is 5.94. The van der Waals surface area contributed by atoms with Gasteiger partial charge in [-0.15, -0.1) is 0 Å². The van der Waals surface area contributed by atoms with Crippen LogP contribution >= 0.6 is 0 Å². The van der Waals surface area contributed by atoms with Crippen molar-refractivity contribution in [2.24, 2.45) is 5.92 Å². The summed E-state index contributed by atoms with van der Waals surface area (Å²) in [6, 6.07) is 3.79. The van der Waals surface area contributed by atoms with Crippen LogP contribution in [0.3, 0.4) is 0 Å². The Morgan fingerprint density at radius 3 is 2.50 bits per heavy atom. The standard InChI is InChI=1S/C20H30N4O2/c1-20(2,3)22-17-9-8-15(12-21-17)19(26)24-11-10-16(13-24)23(4)18(25)14-6-5-7-14/h8-9,12,14,16H,5-7,10-11,13H2,1-4H3,(H,21,22)/t16-/m0/s1. The Bertz CT molecular complexity index is 661. The number of nitrogens with zero attached hydrogens (tertiary/aromatic N) is 3. The molecule has 0 spiro atoms. The predicted molar refractivity (Wildman–Crippen MR) is 102 cm³/mol. The smallest absolute Gasteiger partial charge is 0.255 e. The number of anilines is 1. The first-order chi connectivity index (χ1) is 12.2. The molecule has 1 aliphatic carbocycles. The molecule has 6 nitrogen and oxygen atoms in total. The molecule has 2 heterocycles. The van der Waals surface area contributed by atoms with Gasteiger partial charge < -0.3 is 15.1 Å². The fraction of sp³-hybridized carbons (Fsp3) is 0.650. The van der Waals surface area contributed by atoms with Crippen LogP contribution in [0.1, 0.15) is 56.8 Å². The molecule has 1 aromatic heterocycles. The molecule has 3 rings (SSSR count). The van der Waals surface area contributed by atoms with Crippen LogP contribution in [-0.4, -0.2) is 58.3 Å². The molecular weight excluding hydrogens is 328 g/mol. The summed E-state index contributed by atoms with van der Waals surface area (Å²) in [5, 5.41) is 3.29. The molecule has 1 aliphatic heterocycles. The fourth-order valence-electron chi connectivity index (χ4n) is 3.53. The SMILES string of the molecule is CN(C(=O)C1CCC1)[C@H]1CCN(C(=O)c2ccc(NC(C)(C)C)nc2)C1. The molecule has 1 saturated carbocycles. The van der Waals surface area contributed by atoms with Gasteiger partial charge in [0.15, 0.2) is 0 Å². The van der Waals surface area contributed by atoms with Gasteiger partial charge in [0.2, 0.25) is 5.91 Å². The Morgan fingerprint density at radius 2 is 1.96 bits per heavy atom. The van der Waals surface area contributed by atoms with Crippen LogP contribution in [-0.2, 0) is 4.79 Å². The van der Waals surface area contributed by atoms with Crippen molar-refractivity contribution in [3.63, 3.8) is 0 Å². The third-order valence-electron chi connectivity index (χ3n) is 5.31. The van der Waals surface area contributed by atoms with E-state index in [4.69, 9.17) is 0 Å². The molecule has 1 N–H and O–H groups in total. The number of hydrogen-bond donors (Lipinski definition) is 1. The lowest BCUT2D eigenvalue weighted by atomic mass is 9.84. The number of pyridine rings is 1. The van der Waals surface area contributed by atoms with Crippen molar-refractivity contribution in [2.75, 3.05) is 25.5 Å². The van der Waals surface area contributed by atoms with Crippen LogP contribution in [0, 0.1) is 5.92 Å². The van der Waals surface area contributed by atoms with Gasteiger partial charge >= 0.3 is 0 Å². The summed E-state index contributed by atoms with van der Waals surface area (Å²) < 4.78 is 0. The van der Waals surface area contributed by atoms with E-state index in [1.54, 1.807) is 6.20 Å². The molecule has 26 heavy (non-hydrogen) atoms. The molecule has 2 amide bonds. The zero-order chi connectivity index (χ0) is 18.9. The monoisotopic (exact) mass is 358 g/mol. The highest BCUT2D eigenvalue weighted by Crippen LogP contribution is 2.29. The van der Waals surface area contributed by atoms with Gasteiger partial charge in [0.25, 0.3) is 5.91 Å². The van der Waals surface area contributed by atoms with Crippen molar-refractivity contribution in [2.45, 2.75) is 58.0 Å². The summed E-state index contributed by atoms with van der Waals surface area (Å²) >= 11 is 0. The van der Waals surface area contributed by atoms with Gasteiger partial charge in [-0.25, -0.2) is 4.98 Å². The Balaban J connectivity index is 1.58. The van der Waals surface area contributed by atoms with E-state index >= 15 is 0 Å². The van der Waals surface area contributed by atoms with Crippen molar-refractivity contribution in [3.8, 4) is 0 Å². The van der Waals surface area contributed by atoms with Crippen molar-refractivity contribution in [1.29, 1.82) is 0 Å². The van der Waals surface area contributed by atoms with E-state index in [0.29, 0.717) is 18.7 Å². The van der Waals surface area contributed by atoms with Gasteiger partial charge in [-0.1, -0.05) is 6.42 Å². The second kappa shape index (κ2) is 7.25. The highest BCUT2D eigenvalue weighted by Gasteiger charge is 2.35. The molecular formula is C20H30N4O2. The molecule has 1 aromatic rings. The second-order valence-electron chi connectivity index (χ2n) is 8.58. The molecule has 142 valence electrons. The molecule has 0 bridgehead atoms. The van der Waals surface area contributed by atoms with Gasteiger partial charge in [0, 0.05) is 37.8 Å². The van der Waals surface area contributed by atoms with Crippen LogP contribution in [0.15, 0.2) is 18.3 Å². The Hall–Kier alpha value is -2.11. The Kier molecular flexibility index (Phi) is 5.21. The van der Waals surface area contributed by atoms with Crippen LogP contribution in [0.2, 0.25) is 0 Å². The molecule has 2 fully saturated rings. The molecule has 0 unspecified atom stereocenters. The fourth-order valence-corrected chi connectivity index (χ4v) is 3.53. The van der Waals surface area contributed by atoms with Gasteiger partial charge in [-0.3, -0.25) is 9.59 Å². The third kappa shape index (κ3) is 4.17. The summed E-state index contributed by atoms with van der Waals surface area (Å²) in [5.74, 6) is 1.21. The summed E-state index contributed by atoms with van der Waals surface area (Å²) in [4.78, 5) is 33.2. The number of hydrogen-bond acceptors (Lipinski definition) is 4. The Morgan fingerprint density at radius 1 is 1.23 bits per heavy atom. The normalized spacial score (nSPS) is 20.6. The first-order valence-electron chi connectivity index (χ1n) is 9.55. The molecule has 6 heteroatoms. The zero-order valence-corrected chi connectivity index (χ0v) is 16.3. The maximum Gasteiger partial charge on any atom is 0.255 e. The van der Waals surface area contributed by atoms with Crippen LogP contribution < -0.4 is 5.32 Å².